The molecule has 0 saturated heterocycles. The molecule has 0 aliphatic carbocycles. The zero-order valence-corrected chi connectivity index (χ0v) is 11.8. The summed E-state index contributed by atoms with van der Waals surface area (Å²) in [5.74, 6) is -0.850. The molecule has 0 atom stereocenters. The fourth-order valence-corrected chi connectivity index (χ4v) is 3.16. The zero-order chi connectivity index (χ0) is 14.0. The molecule has 4 heteroatoms. The Morgan fingerprint density at radius 2 is 1.89 bits per heavy atom. The Kier molecular flexibility index (Phi) is 3.71. The highest BCUT2D eigenvalue weighted by Crippen LogP contribution is 2.31. The maximum Gasteiger partial charge on any atom is 0.303 e. The van der Waals surface area contributed by atoms with Gasteiger partial charge in [0.05, 0.1) is 6.42 Å². The fraction of sp³-hybridized carbons (Fsp3) is 0.333. The van der Waals surface area contributed by atoms with Gasteiger partial charge in [-0.15, -0.1) is 11.3 Å². The van der Waals surface area contributed by atoms with Gasteiger partial charge in [0.25, 0.3) is 0 Å². The number of carbonyl (C=O) groups excluding carboxylic acids is 1. The maximum absolute atomic E-state index is 12.3. The first-order valence-corrected chi connectivity index (χ1v) is 6.98. The molecule has 0 aliphatic rings. The lowest BCUT2D eigenvalue weighted by Crippen LogP contribution is -2.21. The van der Waals surface area contributed by atoms with E-state index in [-0.39, 0.29) is 18.6 Å². The van der Waals surface area contributed by atoms with Crippen LogP contribution in [0.4, 0.5) is 0 Å². The summed E-state index contributed by atoms with van der Waals surface area (Å²) in [6.45, 7) is 3.63. The smallest absolute Gasteiger partial charge is 0.303 e. The van der Waals surface area contributed by atoms with E-state index in [1.54, 1.807) is 11.3 Å². The minimum atomic E-state index is -0.868. The number of hydrogen-bond donors (Lipinski definition) is 1. The van der Waals surface area contributed by atoms with Crippen LogP contribution in [0.5, 0.6) is 0 Å². The van der Waals surface area contributed by atoms with Gasteiger partial charge in [-0.05, 0) is 11.5 Å². The van der Waals surface area contributed by atoms with Crippen LogP contribution in [0.3, 0.4) is 0 Å². The van der Waals surface area contributed by atoms with Crippen LogP contribution in [-0.4, -0.2) is 16.9 Å². The lowest BCUT2D eigenvalue weighted by atomic mass is 9.82. The Balaban J connectivity index is 2.23. The van der Waals surface area contributed by atoms with Crippen LogP contribution in [0.1, 0.15) is 37.0 Å². The molecule has 1 N–H and O–H groups in total. The van der Waals surface area contributed by atoms with Gasteiger partial charge in [0.15, 0.2) is 5.78 Å². The number of Topliss-reactive ketones (excluding diaryl/α,β-unsaturated/α-hetero) is 1. The molecule has 0 saturated carbocycles. The van der Waals surface area contributed by atoms with Crippen molar-refractivity contribution in [3.63, 3.8) is 0 Å². The molecular formula is C15H16O3S. The van der Waals surface area contributed by atoms with Crippen molar-refractivity contribution in [2.24, 2.45) is 5.41 Å². The molecular weight excluding hydrogens is 260 g/mol. The van der Waals surface area contributed by atoms with E-state index in [0.717, 1.165) is 10.1 Å². The summed E-state index contributed by atoms with van der Waals surface area (Å²) in [7, 11) is 0. The van der Waals surface area contributed by atoms with Crippen molar-refractivity contribution in [1.29, 1.82) is 0 Å². The van der Waals surface area contributed by atoms with Crippen molar-refractivity contribution < 1.29 is 14.7 Å². The molecule has 0 aliphatic heterocycles. The van der Waals surface area contributed by atoms with Gasteiger partial charge in [0.1, 0.15) is 0 Å². The fourth-order valence-electron chi connectivity index (χ4n) is 2.20. The average Bonchev–Trinajstić information content (AvgIpc) is 2.69. The van der Waals surface area contributed by atoms with Gasteiger partial charge >= 0.3 is 5.97 Å². The van der Waals surface area contributed by atoms with E-state index in [1.165, 1.54) is 0 Å². The number of hydrogen-bond acceptors (Lipinski definition) is 3. The highest BCUT2D eigenvalue weighted by molar-refractivity contribution is 7.17. The summed E-state index contributed by atoms with van der Waals surface area (Å²) in [6, 6.07) is 7.78. The highest BCUT2D eigenvalue weighted by atomic mass is 32.1. The van der Waals surface area contributed by atoms with Crippen LogP contribution >= 0.6 is 11.3 Å². The third kappa shape index (κ3) is 3.20. The van der Waals surface area contributed by atoms with Gasteiger partial charge in [-0.1, -0.05) is 32.0 Å². The summed E-state index contributed by atoms with van der Waals surface area (Å²) in [5.41, 5.74) is 0.186. The molecule has 0 amide bonds. The first-order valence-electron chi connectivity index (χ1n) is 6.10. The second kappa shape index (κ2) is 5.13. The lowest BCUT2D eigenvalue weighted by molar-refractivity contribution is -0.139. The molecule has 0 bridgehead atoms. The second-order valence-corrected chi connectivity index (χ2v) is 6.39. The van der Waals surface area contributed by atoms with Crippen LogP contribution in [0.15, 0.2) is 29.6 Å². The standard InChI is InChI=1S/C15H16O3S/c1-15(2,8-14(17)18)7-12(16)11-9-19-13-6-4-3-5-10(11)13/h3-6,9H,7-8H2,1-2H3,(H,17,18). The summed E-state index contributed by atoms with van der Waals surface area (Å²) in [6.07, 6.45) is 0.251. The molecule has 2 aromatic rings. The predicted octanol–water partition coefficient (Wildman–Crippen LogP) is 3.98. The molecule has 1 heterocycles. The Labute approximate surface area is 115 Å². The SMILES string of the molecule is CC(C)(CC(=O)O)CC(=O)c1csc2ccccc12. The number of thiophene rings is 1. The van der Waals surface area contributed by atoms with Crippen molar-refractivity contribution in [1.82, 2.24) is 0 Å². The van der Waals surface area contributed by atoms with E-state index in [1.807, 2.05) is 43.5 Å². The monoisotopic (exact) mass is 276 g/mol. The van der Waals surface area contributed by atoms with Gasteiger partial charge in [-0.25, -0.2) is 0 Å². The molecule has 1 aromatic carbocycles. The van der Waals surface area contributed by atoms with Gasteiger partial charge in [-0.3, -0.25) is 9.59 Å². The van der Waals surface area contributed by atoms with Crippen LogP contribution in [0.2, 0.25) is 0 Å². The number of benzene rings is 1. The normalized spacial score (nSPS) is 11.7. The number of carbonyl (C=O) groups is 2. The number of ketones is 1. The van der Waals surface area contributed by atoms with Crippen molar-refractivity contribution in [3.8, 4) is 0 Å². The van der Waals surface area contributed by atoms with Gasteiger partial charge in [-0.2, -0.15) is 0 Å². The molecule has 0 unspecified atom stereocenters. The van der Waals surface area contributed by atoms with E-state index in [4.69, 9.17) is 5.11 Å². The molecule has 0 spiro atoms. The molecule has 1 aromatic heterocycles. The molecule has 100 valence electrons. The van der Waals surface area contributed by atoms with E-state index >= 15 is 0 Å². The van der Waals surface area contributed by atoms with Gasteiger partial charge < -0.3 is 5.11 Å². The number of rotatable bonds is 5. The number of carboxylic acid groups (broad SMARTS) is 1. The highest BCUT2D eigenvalue weighted by Gasteiger charge is 2.26. The van der Waals surface area contributed by atoms with Crippen LogP contribution in [0, 0.1) is 5.41 Å². The Morgan fingerprint density at radius 1 is 1.21 bits per heavy atom. The van der Waals surface area contributed by atoms with Crippen molar-refractivity contribution in [2.45, 2.75) is 26.7 Å². The third-order valence-electron chi connectivity index (χ3n) is 3.05. The first-order chi connectivity index (χ1) is 8.89. The lowest BCUT2D eigenvalue weighted by Gasteiger charge is -2.21. The first kappa shape index (κ1) is 13.7. The Bertz CT molecular complexity index is 625. The summed E-state index contributed by atoms with van der Waals surface area (Å²) in [4.78, 5) is 23.1. The minimum absolute atomic E-state index is 0.000803. The van der Waals surface area contributed by atoms with Crippen LogP contribution in [-0.2, 0) is 4.79 Å². The summed E-state index contributed by atoms with van der Waals surface area (Å²) in [5, 5.41) is 11.7. The van der Waals surface area contributed by atoms with Gasteiger partial charge in [0.2, 0.25) is 0 Å². The quantitative estimate of drug-likeness (QED) is 0.840. The van der Waals surface area contributed by atoms with Crippen molar-refractivity contribution >= 4 is 33.2 Å². The van der Waals surface area contributed by atoms with Crippen LogP contribution < -0.4 is 0 Å². The molecule has 0 fully saturated rings. The summed E-state index contributed by atoms with van der Waals surface area (Å²) < 4.78 is 1.09. The molecule has 19 heavy (non-hydrogen) atoms. The van der Waals surface area contributed by atoms with E-state index in [2.05, 4.69) is 0 Å². The van der Waals surface area contributed by atoms with Crippen molar-refractivity contribution in [3.05, 3.63) is 35.2 Å². The average molecular weight is 276 g/mol. The molecule has 0 radical (unpaired) electrons. The minimum Gasteiger partial charge on any atom is -0.481 e. The third-order valence-corrected chi connectivity index (χ3v) is 4.01. The molecule has 2 rings (SSSR count). The van der Waals surface area contributed by atoms with E-state index in [0.29, 0.717) is 5.56 Å². The Morgan fingerprint density at radius 3 is 2.58 bits per heavy atom. The predicted molar refractivity (Wildman–Crippen MR) is 76.8 cm³/mol. The maximum atomic E-state index is 12.3. The largest absolute Gasteiger partial charge is 0.481 e. The Hall–Kier alpha value is -1.68. The number of fused-ring (bicyclic) bond motifs is 1. The number of aliphatic carboxylic acids is 1. The summed E-state index contributed by atoms with van der Waals surface area (Å²) >= 11 is 1.55. The molecule has 3 nitrogen and oxygen atoms in total. The van der Waals surface area contributed by atoms with Gasteiger partial charge in [0, 0.05) is 27.5 Å². The van der Waals surface area contributed by atoms with E-state index < -0.39 is 11.4 Å². The number of carboxylic acids is 1. The van der Waals surface area contributed by atoms with E-state index in [9.17, 15) is 9.59 Å². The second-order valence-electron chi connectivity index (χ2n) is 5.48. The zero-order valence-electron chi connectivity index (χ0n) is 11.0. The topological polar surface area (TPSA) is 54.4 Å². The van der Waals surface area contributed by atoms with Crippen LogP contribution in [0.25, 0.3) is 10.1 Å². The van der Waals surface area contributed by atoms with Crippen molar-refractivity contribution in [2.75, 3.05) is 0 Å².